The molecule has 0 radical (unpaired) electrons. The zero-order chi connectivity index (χ0) is 20.3. The van der Waals surface area contributed by atoms with Crippen molar-refractivity contribution in [2.24, 2.45) is 0 Å². The number of hydrogen-bond acceptors (Lipinski definition) is 3. The van der Waals surface area contributed by atoms with E-state index in [1.54, 1.807) is 21.3 Å². The number of methoxy groups -OCH3 is 3. The van der Waals surface area contributed by atoms with Gasteiger partial charge in [-0.3, -0.25) is 0 Å². The minimum absolute atomic E-state index is 0.880. The number of ether oxygens (including phenoxy) is 3. The molecule has 0 spiro atoms. The first kappa shape index (κ1) is 22.1. The predicted octanol–water partition coefficient (Wildman–Crippen LogP) is 4.52. The van der Waals surface area contributed by atoms with Crippen LogP contribution in [0.5, 0.6) is 17.2 Å². The van der Waals surface area contributed by atoms with E-state index < -0.39 is 21.8 Å². The second kappa shape index (κ2) is 9.93. The van der Waals surface area contributed by atoms with Crippen LogP contribution in [-0.2, 0) is 0 Å². The van der Waals surface area contributed by atoms with Gasteiger partial charge in [-0.2, -0.15) is 0 Å². The molecule has 0 heterocycles. The third-order valence-corrected chi connectivity index (χ3v) is 15.3. The fourth-order valence-electron chi connectivity index (χ4n) is 2.90. The Bertz CT molecular complexity index is 867. The van der Waals surface area contributed by atoms with Crippen molar-refractivity contribution in [3.63, 3.8) is 0 Å². The Balaban J connectivity index is 2.38. The van der Waals surface area contributed by atoms with Crippen LogP contribution in [0.25, 0.3) is 0 Å². The number of hydrogen-bond donors (Lipinski definition) is 0. The van der Waals surface area contributed by atoms with Crippen molar-refractivity contribution in [1.82, 2.24) is 0 Å². The average molecular weight is 767 g/mol. The fourth-order valence-corrected chi connectivity index (χ4v) is 16.8. The van der Waals surface area contributed by atoms with Crippen LogP contribution in [0.1, 0.15) is 0 Å². The first-order valence-electron chi connectivity index (χ1n) is 8.29. The average Bonchev–Trinajstić information content (AvgIpc) is 2.69. The van der Waals surface area contributed by atoms with Gasteiger partial charge in [-0.25, -0.2) is 0 Å². The molecule has 0 aromatic heterocycles. The Hall–Kier alpha value is -0.617. The molecule has 146 valence electrons. The molecule has 0 amide bonds. The molecule has 3 aromatic rings. The van der Waals surface area contributed by atoms with E-state index in [-0.39, 0.29) is 0 Å². The van der Waals surface area contributed by atoms with Crippen molar-refractivity contribution in [2.75, 3.05) is 21.3 Å². The molecule has 0 aliphatic heterocycles. The zero-order valence-electron chi connectivity index (χ0n) is 15.5. The standard InChI is InChI=1S/3C7H6BrO.Bi/c3*1-9-7-4-2-6(8)3-5-7;/h3*2-4H,1H3;. The summed E-state index contributed by atoms with van der Waals surface area (Å²) < 4.78 is 24.0. The van der Waals surface area contributed by atoms with Crippen LogP contribution in [0.4, 0.5) is 0 Å². The Morgan fingerprint density at radius 1 is 0.536 bits per heavy atom. The van der Waals surface area contributed by atoms with Gasteiger partial charge in [0.25, 0.3) is 0 Å². The molecule has 0 aliphatic rings. The van der Waals surface area contributed by atoms with Gasteiger partial charge < -0.3 is 0 Å². The van der Waals surface area contributed by atoms with Gasteiger partial charge in [-0.15, -0.1) is 0 Å². The first-order valence-corrected chi connectivity index (χ1v) is 15.9. The van der Waals surface area contributed by atoms with Crippen molar-refractivity contribution < 1.29 is 14.2 Å². The van der Waals surface area contributed by atoms with Crippen LogP contribution >= 0.6 is 47.8 Å². The molecule has 3 aromatic carbocycles. The molecule has 0 aliphatic carbocycles. The molecular formula is C21H18BiBr3O3. The quantitative estimate of drug-likeness (QED) is 0.346. The van der Waals surface area contributed by atoms with E-state index >= 15 is 0 Å². The van der Waals surface area contributed by atoms with E-state index in [4.69, 9.17) is 14.2 Å². The Labute approximate surface area is 198 Å². The summed E-state index contributed by atoms with van der Waals surface area (Å²) in [6, 6.07) is 18.5. The van der Waals surface area contributed by atoms with E-state index in [0.29, 0.717) is 0 Å². The predicted molar refractivity (Wildman–Crippen MR) is 127 cm³/mol. The molecule has 0 saturated heterocycles. The third kappa shape index (κ3) is 4.75. The maximum absolute atomic E-state index is 5.76. The van der Waals surface area contributed by atoms with Crippen molar-refractivity contribution in [2.45, 2.75) is 0 Å². The molecule has 0 saturated carbocycles. The number of rotatable bonds is 6. The van der Waals surface area contributed by atoms with Crippen LogP contribution in [0, 0.1) is 0 Å². The molecule has 0 unspecified atom stereocenters. The van der Waals surface area contributed by atoms with Crippen molar-refractivity contribution in [3.05, 3.63) is 68.0 Å². The minimum atomic E-state index is -2.89. The number of benzene rings is 3. The van der Waals surface area contributed by atoms with Gasteiger partial charge in [0.1, 0.15) is 0 Å². The summed E-state index contributed by atoms with van der Waals surface area (Å²) in [5.41, 5.74) is 0. The summed E-state index contributed by atoms with van der Waals surface area (Å²) in [6.45, 7) is 0. The molecule has 0 bridgehead atoms. The Morgan fingerprint density at radius 3 is 1.07 bits per heavy atom. The topological polar surface area (TPSA) is 27.7 Å². The van der Waals surface area contributed by atoms with Crippen molar-refractivity contribution in [3.8, 4) is 17.2 Å². The molecule has 3 nitrogen and oxygen atoms in total. The second-order valence-corrected chi connectivity index (χ2v) is 16.8. The van der Waals surface area contributed by atoms with Gasteiger partial charge in [0.05, 0.1) is 0 Å². The summed E-state index contributed by atoms with van der Waals surface area (Å²) in [6.07, 6.45) is 0. The van der Waals surface area contributed by atoms with Gasteiger partial charge in [0.15, 0.2) is 0 Å². The zero-order valence-corrected chi connectivity index (χ0v) is 23.7. The SMILES string of the molecule is COc1ccc(Br)c[c]1[Bi]([c]1cc(Br)ccc1OC)[c]1cc(Br)ccc1OC. The van der Waals surface area contributed by atoms with Crippen LogP contribution in [0.3, 0.4) is 0 Å². The normalized spacial score (nSPS) is 10.8. The van der Waals surface area contributed by atoms with E-state index in [0.717, 1.165) is 30.7 Å². The maximum atomic E-state index is 5.76. The molecule has 0 N–H and O–H groups in total. The van der Waals surface area contributed by atoms with E-state index in [1.165, 1.54) is 9.81 Å². The monoisotopic (exact) mass is 764 g/mol. The van der Waals surface area contributed by atoms with Crippen molar-refractivity contribution >= 4 is 79.4 Å². The molecule has 3 rings (SSSR count). The van der Waals surface area contributed by atoms with Gasteiger partial charge in [-0.05, 0) is 0 Å². The second-order valence-electron chi connectivity index (χ2n) is 5.78. The fraction of sp³-hybridized carbons (Fsp3) is 0.143. The van der Waals surface area contributed by atoms with Gasteiger partial charge in [-0.1, -0.05) is 0 Å². The number of halogens is 3. The summed E-state index contributed by atoms with van der Waals surface area (Å²) in [7, 11) is 5.14. The van der Waals surface area contributed by atoms with Crippen LogP contribution in [-0.4, -0.2) is 43.1 Å². The van der Waals surface area contributed by atoms with Gasteiger partial charge in [0.2, 0.25) is 0 Å². The van der Waals surface area contributed by atoms with E-state index in [9.17, 15) is 0 Å². The van der Waals surface area contributed by atoms with Crippen LogP contribution in [0.2, 0.25) is 0 Å². The molecule has 28 heavy (non-hydrogen) atoms. The first-order chi connectivity index (χ1) is 13.5. The van der Waals surface area contributed by atoms with Gasteiger partial charge in [0, 0.05) is 0 Å². The summed E-state index contributed by atoms with van der Waals surface area (Å²) in [5.74, 6) is 2.64. The van der Waals surface area contributed by atoms with E-state index in [2.05, 4.69) is 66.0 Å². The van der Waals surface area contributed by atoms with Crippen LogP contribution < -0.4 is 24.0 Å². The summed E-state index contributed by atoms with van der Waals surface area (Å²) in [4.78, 5) is 0. The molecular weight excluding hydrogens is 749 g/mol. The van der Waals surface area contributed by atoms with Crippen LogP contribution in [0.15, 0.2) is 68.0 Å². The summed E-state index contributed by atoms with van der Waals surface area (Å²) >= 11 is 8.01. The Morgan fingerprint density at radius 2 is 0.821 bits per heavy atom. The van der Waals surface area contributed by atoms with Gasteiger partial charge >= 0.3 is 200 Å². The molecule has 0 fully saturated rings. The summed E-state index contributed by atoms with van der Waals surface area (Å²) in [5, 5.41) is 0. The Kier molecular flexibility index (Phi) is 7.83. The molecule has 0 atom stereocenters. The third-order valence-electron chi connectivity index (χ3n) is 4.15. The van der Waals surface area contributed by atoms with E-state index in [1.807, 2.05) is 36.4 Å². The van der Waals surface area contributed by atoms with Crippen molar-refractivity contribution in [1.29, 1.82) is 0 Å². The molecule has 7 heteroatoms.